The molecule has 0 bridgehead atoms. The summed E-state index contributed by atoms with van der Waals surface area (Å²) in [5.41, 5.74) is 2.13. The summed E-state index contributed by atoms with van der Waals surface area (Å²) in [5, 5.41) is 20.1. The Hall–Kier alpha value is -2.24. The molecular weight excluding hydrogens is 244 g/mol. The second kappa shape index (κ2) is 5.60. The molecule has 0 fully saturated rings. The van der Waals surface area contributed by atoms with Gasteiger partial charge in [-0.3, -0.25) is 4.79 Å². The maximum Gasteiger partial charge on any atom is 0.305 e. The van der Waals surface area contributed by atoms with Gasteiger partial charge in [-0.1, -0.05) is 38.1 Å². The van der Waals surface area contributed by atoms with Crippen molar-refractivity contribution in [1.82, 2.24) is 20.2 Å². The van der Waals surface area contributed by atoms with Crippen molar-refractivity contribution in [1.29, 1.82) is 0 Å². The van der Waals surface area contributed by atoms with Gasteiger partial charge in [0, 0.05) is 5.56 Å². The summed E-state index contributed by atoms with van der Waals surface area (Å²) in [6, 6.07) is 7.99. The first-order valence-electron chi connectivity index (χ1n) is 6.16. The van der Waals surface area contributed by atoms with Crippen LogP contribution in [0.3, 0.4) is 0 Å². The van der Waals surface area contributed by atoms with Crippen LogP contribution < -0.4 is 0 Å². The summed E-state index contributed by atoms with van der Waals surface area (Å²) in [5.74, 6) is 0.199. The number of aliphatic carboxylic acids is 1. The smallest absolute Gasteiger partial charge is 0.305 e. The molecule has 6 heteroatoms. The highest BCUT2D eigenvalue weighted by Gasteiger charge is 2.10. The summed E-state index contributed by atoms with van der Waals surface area (Å²) in [4.78, 5) is 10.6. The first-order valence-corrected chi connectivity index (χ1v) is 6.16. The van der Waals surface area contributed by atoms with Crippen LogP contribution in [0.1, 0.15) is 31.7 Å². The first-order chi connectivity index (χ1) is 9.08. The van der Waals surface area contributed by atoms with E-state index in [1.165, 1.54) is 10.2 Å². The van der Waals surface area contributed by atoms with Crippen LogP contribution in [0.15, 0.2) is 24.3 Å². The third kappa shape index (κ3) is 3.15. The average Bonchev–Trinajstić information content (AvgIpc) is 2.84. The summed E-state index contributed by atoms with van der Waals surface area (Å²) in [6.45, 7) is 4.53. The largest absolute Gasteiger partial charge is 0.481 e. The Bertz CT molecular complexity index is 560. The fraction of sp³-hybridized carbons (Fsp3) is 0.385. The van der Waals surface area contributed by atoms with Gasteiger partial charge in [0.05, 0.1) is 13.0 Å². The number of hydrogen-bond donors (Lipinski definition) is 1. The van der Waals surface area contributed by atoms with E-state index in [9.17, 15) is 4.79 Å². The molecule has 0 aliphatic rings. The third-order valence-corrected chi connectivity index (χ3v) is 2.90. The van der Waals surface area contributed by atoms with Crippen LogP contribution in [0.5, 0.6) is 0 Å². The minimum Gasteiger partial charge on any atom is -0.481 e. The van der Waals surface area contributed by atoms with E-state index in [1.54, 1.807) is 0 Å². The van der Waals surface area contributed by atoms with Crippen molar-refractivity contribution < 1.29 is 9.90 Å². The van der Waals surface area contributed by atoms with Crippen LogP contribution in [0, 0.1) is 0 Å². The van der Waals surface area contributed by atoms with E-state index in [4.69, 9.17) is 5.11 Å². The first kappa shape index (κ1) is 13.2. The van der Waals surface area contributed by atoms with E-state index in [0.717, 1.165) is 5.56 Å². The molecule has 0 radical (unpaired) electrons. The topological polar surface area (TPSA) is 80.9 Å². The Morgan fingerprint density at radius 2 is 2.00 bits per heavy atom. The Labute approximate surface area is 111 Å². The molecule has 0 saturated carbocycles. The van der Waals surface area contributed by atoms with Gasteiger partial charge in [-0.05, 0) is 21.9 Å². The number of aromatic nitrogens is 4. The number of carboxylic acids is 1. The molecule has 0 aliphatic carbocycles. The maximum atomic E-state index is 10.6. The van der Waals surface area contributed by atoms with Crippen LogP contribution in [-0.4, -0.2) is 31.3 Å². The molecular formula is C13H16N4O2. The maximum absolute atomic E-state index is 10.6. The molecule has 2 aromatic rings. The molecule has 0 aliphatic heterocycles. The van der Waals surface area contributed by atoms with Crippen molar-refractivity contribution in [3.05, 3.63) is 29.8 Å². The normalized spacial score (nSPS) is 10.9. The zero-order chi connectivity index (χ0) is 13.8. The SMILES string of the molecule is CC(C)c1ccc(-c2nnnn2CCC(=O)O)cc1. The molecule has 0 amide bonds. The van der Waals surface area contributed by atoms with Gasteiger partial charge < -0.3 is 5.11 Å². The monoisotopic (exact) mass is 260 g/mol. The van der Waals surface area contributed by atoms with E-state index >= 15 is 0 Å². The lowest BCUT2D eigenvalue weighted by Gasteiger charge is -2.07. The minimum atomic E-state index is -0.864. The number of carbonyl (C=O) groups is 1. The molecule has 0 spiro atoms. The summed E-state index contributed by atoms with van der Waals surface area (Å²) >= 11 is 0. The molecule has 2 rings (SSSR count). The molecule has 1 N–H and O–H groups in total. The number of hydrogen-bond acceptors (Lipinski definition) is 4. The third-order valence-electron chi connectivity index (χ3n) is 2.90. The molecule has 19 heavy (non-hydrogen) atoms. The number of carboxylic acid groups (broad SMARTS) is 1. The molecule has 0 atom stereocenters. The van der Waals surface area contributed by atoms with E-state index in [-0.39, 0.29) is 13.0 Å². The number of tetrazole rings is 1. The lowest BCUT2D eigenvalue weighted by molar-refractivity contribution is -0.137. The fourth-order valence-electron chi connectivity index (χ4n) is 1.78. The lowest BCUT2D eigenvalue weighted by Crippen LogP contribution is -2.07. The standard InChI is InChI=1S/C13H16N4O2/c1-9(2)10-3-5-11(6-4-10)13-14-15-16-17(13)8-7-12(18)19/h3-6,9H,7-8H2,1-2H3,(H,18,19). The molecule has 1 heterocycles. The van der Waals surface area contributed by atoms with Crippen LogP contribution in [0.2, 0.25) is 0 Å². The molecule has 100 valence electrons. The predicted molar refractivity (Wildman–Crippen MR) is 69.6 cm³/mol. The van der Waals surface area contributed by atoms with Crippen molar-refractivity contribution in [2.45, 2.75) is 32.7 Å². The highest BCUT2D eigenvalue weighted by Crippen LogP contribution is 2.20. The highest BCUT2D eigenvalue weighted by atomic mass is 16.4. The average molecular weight is 260 g/mol. The Morgan fingerprint density at radius 3 is 2.58 bits per heavy atom. The Morgan fingerprint density at radius 1 is 1.32 bits per heavy atom. The molecule has 1 aromatic heterocycles. The van der Waals surface area contributed by atoms with Crippen LogP contribution in [-0.2, 0) is 11.3 Å². The molecule has 1 aromatic carbocycles. The van der Waals surface area contributed by atoms with Crippen molar-refractivity contribution in [2.24, 2.45) is 0 Å². The minimum absolute atomic E-state index is 0.00210. The number of aryl methyl sites for hydroxylation is 1. The predicted octanol–water partition coefficient (Wildman–Crippen LogP) is 1.94. The van der Waals surface area contributed by atoms with Gasteiger partial charge in [0.25, 0.3) is 0 Å². The second-order valence-electron chi connectivity index (χ2n) is 4.65. The van der Waals surface area contributed by atoms with Gasteiger partial charge in [-0.25, -0.2) is 4.68 Å². The van der Waals surface area contributed by atoms with Crippen molar-refractivity contribution >= 4 is 5.97 Å². The molecule has 6 nitrogen and oxygen atoms in total. The molecule has 0 saturated heterocycles. The number of rotatable bonds is 5. The fourth-order valence-corrected chi connectivity index (χ4v) is 1.78. The summed E-state index contributed by atoms with van der Waals surface area (Å²) in [6.07, 6.45) is 0.00210. The highest BCUT2D eigenvalue weighted by molar-refractivity contribution is 5.66. The summed E-state index contributed by atoms with van der Waals surface area (Å²) in [7, 11) is 0. The number of benzene rings is 1. The lowest BCUT2D eigenvalue weighted by atomic mass is 10.0. The van der Waals surface area contributed by atoms with Gasteiger partial charge in [-0.15, -0.1) is 5.10 Å². The van der Waals surface area contributed by atoms with Gasteiger partial charge in [-0.2, -0.15) is 0 Å². The molecule has 0 unspecified atom stereocenters. The van der Waals surface area contributed by atoms with Gasteiger partial charge in [0.1, 0.15) is 0 Å². The van der Waals surface area contributed by atoms with E-state index in [2.05, 4.69) is 29.4 Å². The van der Waals surface area contributed by atoms with Gasteiger partial charge in [0.2, 0.25) is 0 Å². The van der Waals surface area contributed by atoms with Gasteiger partial charge >= 0.3 is 5.97 Å². The zero-order valence-electron chi connectivity index (χ0n) is 10.9. The van der Waals surface area contributed by atoms with E-state index in [1.807, 2.05) is 24.3 Å². The van der Waals surface area contributed by atoms with Crippen molar-refractivity contribution in [3.63, 3.8) is 0 Å². The zero-order valence-corrected chi connectivity index (χ0v) is 10.9. The van der Waals surface area contributed by atoms with Gasteiger partial charge in [0.15, 0.2) is 5.82 Å². The van der Waals surface area contributed by atoms with E-state index < -0.39 is 5.97 Å². The van der Waals surface area contributed by atoms with E-state index in [0.29, 0.717) is 11.7 Å². The number of nitrogens with zero attached hydrogens (tertiary/aromatic N) is 4. The van der Waals surface area contributed by atoms with Crippen LogP contribution in [0.4, 0.5) is 0 Å². The Kier molecular flexibility index (Phi) is 3.89. The second-order valence-corrected chi connectivity index (χ2v) is 4.65. The van der Waals surface area contributed by atoms with Crippen molar-refractivity contribution in [3.8, 4) is 11.4 Å². The van der Waals surface area contributed by atoms with Crippen LogP contribution >= 0.6 is 0 Å². The van der Waals surface area contributed by atoms with Crippen molar-refractivity contribution in [2.75, 3.05) is 0 Å². The van der Waals surface area contributed by atoms with Crippen LogP contribution in [0.25, 0.3) is 11.4 Å². The quantitative estimate of drug-likeness (QED) is 0.888. The Balaban J connectivity index is 2.22. The summed E-state index contributed by atoms with van der Waals surface area (Å²) < 4.78 is 1.51.